The number of anilines is 1. The minimum Gasteiger partial charge on any atom is -0.399 e. The Morgan fingerprint density at radius 3 is 2.67 bits per heavy atom. The molecule has 84 valence electrons. The summed E-state index contributed by atoms with van der Waals surface area (Å²) in [5.41, 5.74) is 7.73. The van der Waals surface area contributed by atoms with Gasteiger partial charge in [-0.25, -0.2) is 0 Å². The molecule has 0 aliphatic heterocycles. The fraction of sp³-hybridized carbons (Fsp3) is 0.500. The Morgan fingerprint density at radius 2 is 2.00 bits per heavy atom. The average molecular weight is 225 g/mol. The Labute approximate surface area is 94.3 Å². The highest BCUT2D eigenvalue weighted by atomic mass is 32.2. The third-order valence-electron chi connectivity index (χ3n) is 2.38. The van der Waals surface area contributed by atoms with Crippen molar-refractivity contribution < 1.29 is 4.21 Å². The molecule has 0 spiro atoms. The Kier molecular flexibility index (Phi) is 5.40. The number of hydrogen-bond acceptors (Lipinski definition) is 2. The summed E-state index contributed by atoms with van der Waals surface area (Å²) in [6.07, 6.45) is 2.99. The number of unbranched alkanes of at least 4 members (excludes halogenated alkanes) is 1. The summed E-state index contributed by atoms with van der Waals surface area (Å²) in [6, 6.07) is 7.80. The first kappa shape index (κ1) is 12.2. The van der Waals surface area contributed by atoms with Crippen molar-refractivity contribution in [3.63, 3.8) is 0 Å². The largest absolute Gasteiger partial charge is 0.399 e. The number of nitrogens with two attached hydrogens (primary N) is 1. The molecule has 0 aliphatic rings. The second kappa shape index (κ2) is 6.62. The predicted molar refractivity (Wildman–Crippen MR) is 67.3 cm³/mol. The highest BCUT2D eigenvalue weighted by Crippen LogP contribution is 2.11. The van der Waals surface area contributed by atoms with Gasteiger partial charge in [0.05, 0.1) is 0 Å². The number of rotatable bonds is 6. The molecule has 0 aromatic heterocycles. The van der Waals surface area contributed by atoms with Gasteiger partial charge in [-0.1, -0.05) is 31.5 Å². The molecule has 2 N–H and O–H groups in total. The van der Waals surface area contributed by atoms with Gasteiger partial charge < -0.3 is 5.73 Å². The van der Waals surface area contributed by atoms with Gasteiger partial charge in [0.1, 0.15) is 0 Å². The third-order valence-corrected chi connectivity index (χ3v) is 3.78. The fourth-order valence-electron chi connectivity index (χ4n) is 1.39. The molecule has 15 heavy (non-hydrogen) atoms. The van der Waals surface area contributed by atoms with Crippen molar-refractivity contribution in [2.24, 2.45) is 0 Å². The predicted octanol–water partition coefficient (Wildman–Crippen LogP) is 2.36. The minimum atomic E-state index is -0.684. The first-order chi connectivity index (χ1) is 7.24. The van der Waals surface area contributed by atoms with Crippen LogP contribution in [0, 0.1) is 0 Å². The van der Waals surface area contributed by atoms with Crippen LogP contribution in [0.5, 0.6) is 0 Å². The van der Waals surface area contributed by atoms with E-state index in [2.05, 4.69) is 6.92 Å². The van der Waals surface area contributed by atoms with Crippen molar-refractivity contribution in [2.75, 3.05) is 17.2 Å². The van der Waals surface area contributed by atoms with Crippen molar-refractivity contribution in [1.29, 1.82) is 0 Å². The summed E-state index contributed by atoms with van der Waals surface area (Å²) < 4.78 is 11.6. The van der Waals surface area contributed by atoms with Crippen LogP contribution in [0.3, 0.4) is 0 Å². The van der Waals surface area contributed by atoms with Gasteiger partial charge in [-0.05, 0) is 24.5 Å². The summed E-state index contributed by atoms with van der Waals surface area (Å²) in [4.78, 5) is 0. The van der Waals surface area contributed by atoms with Crippen LogP contribution >= 0.6 is 0 Å². The highest BCUT2D eigenvalue weighted by molar-refractivity contribution is 7.84. The number of hydrogen-bond donors (Lipinski definition) is 1. The maximum Gasteiger partial charge on any atom is 0.0346 e. The Hall–Kier alpha value is -0.830. The zero-order chi connectivity index (χ0) is 11.1. The molecule has 1 rings (SSSR count). The Bertz CT molecular complexity index is 325. The first-order valence-corrected chi connectivity index (χ1v) is 6.91. The van der Waals surface area contributed by atoms with Gasteiger partial charge in [0, 0.05) is 28.0 Å². The van der Waals surface area contributed by atoms with E-state index in [1.807, 2.05) is 24.3 Å². The minimum absolute atomic E-state index is 0.684. The third kappa shape index (κ3) is 4.47. The molecule has 2 nitrogen and oxygen atoms in total. The molecule has 1 aromatic carbocycles. The number of aryl methyl sites for hydroxylation is 1. The lowest BCUT2D eigenvalue weighted by molar-refractivity contribution is 0.679. The summed E-state index contributed by atoms with van der Waals surface area (Å²) in [5, 5.41) is 0. The Morgan fingerprint density at radius 1 is 1.27 bits per heavy atom. The van der Waals surface area contributed by atoms with E-state index in [4.69, 9.17) is 5.73 Å². The zero-order valence-corrected chi connectivity index (χ0v) is 10.1. The van der Waals surface area contributed by atoms with Crippen molar-refractivity contribution in [1.82, 2.24) is 0 Å². The van der Waals surface area contributed by atoms with Crippen LogP contribution in [0.15, 0.2) is 24.3 Å². The van der Waals surface area contributed by atoms with E-state index in [0.29, 0.717) is 0 Å². The normalized spacial score (nSPS) is 12.6. The number of para-hydroxylation sites is 1. The SMILES string of the molecule is CCCCS(=O)CCc1ccccc1N. The van der Waals surface area contributed by atoms with Crippen LogP contribution in [0.25, 0.3) is 0 Å². The van der Waals surface area contributed by atoms with Gasteiger partial charge in [-0.3, -0.25) is 4.21 Å². The molecule has 0 fully saturated rings. The Balaban J connectivity index is 2.37. The van der Waals surface area contributed by atoms with Gasteiger partial charge in [-0.15, -0.1) is 0 Å². The standard InChI is InChI=1S/C12H19NOS/c1-2-3-9-15(14)10-8-11-6-4-5-7-12(11)13/h4-7H,2-3,8-10,13H2,1H3. The van der Waals surface area contributed by atoms with Crippen LogP contribution in [0.1, 0.15) is 25.3 Å². The van der Waals surface area contributed by atoms with E-state index in [9.17, 15) is 4.21 Å². The lowest BCUT2D eigenvalue weighted by Crippen LogP contribution is -2.06. The molecule has 0 saturated carbocycles. The molecule has 3 heteroatoms. The molecule has 0 radical (unpaired) electrons. The van der Waals surface area contributed by atoms with Gasteiger partial charge in [0.25, 0.3) is 0 Å². The fourth-order valence-corrected chi connectivity index (χ4v) is 2.66. The van der Waals surface area contributed by atoms with Crippen LogP contribution < -0.4 is 5.73 Å². The topological polar surface area (TPSA) is 43.1 Å². The molecule has 0 saturated heterocycles. The highest BCUT2D eigenvalue weighted by Gasteiger charge is 2.02. The van der Waals surface area contributed by atoms with Crippen molar-refractivity contribution >= 4 is 16.5 Å². The molecule has 0 heterocycles. The molecule has 0 amide bonds. The molecular weight excluding hydrogens is 206 g/mol. The molecular formula is C12H19NOS. The van der Waals surface area contributed by atoms with Gasteiger partial charge in [0.15, 0.2) is 0 Å². The van der Waals surface area contributed by atoms with Crippen LogP contribution in [0.2, 0.25) is 0 Å². The molecule has 0 aliphatic carbocycles. The van der Waals surface area contributed by atoms with Crippen LogP contribution in [-0.4, -0.2) is 15.7 Å². The molecule has 1 unspecified atom stereocenters. The second-order valence-electron chi connectivity index (χ2n) is 3.65. The number of nitrogen functional groups attached to an aromatic ring is 1. The van der Waals surface area contributed by atoms with E-state index in [-0.39, 0.29) is 0 Å². The maximum absolute atomic E-state index is 11.6. The molecule has 1 atom stereocenters. The second-order valence-corrected chi connectivity index (χ2v) is 5.35. The summed E-state index contributed by atoms with van der Waals surface area (Å²) >= 11 is 0. The summed E-state index contributed by atoms with van der Waals surface area (Å²) in [7, 11) is -0.684. The van der Waals surface area contributed by atoms with E-state index in [1.54, 1.807) is 0 Å². The quantitative estimate of drug-likeness (QED) is 0.755. The lowest BCUT2D eigenvalue weighted by Gasteiger charge is -2.04. The van der Waals surface area contributed by atoms with Crippen LogP contribution in [-0.2, 0) is 17.2 Å². The van der Waals surface area contributed by atoms with Gasteiger partial charge >= 0.3 is 0 Å². The lowest BCUT2D eigenvalue weighted by atomic mass is 10.1. The number of benzene rings is 1. The van der Waals surface area contributed by atoms with Gasteiger partial charge in [-0.2, -0.15) is 0 Å². The summed E-state index contributed by atoms with van der Waals surface area (Å²) in [5.74, 6) is 1.55. The van der Waals surface area contributed by atoms with Crippen molar-refractivity contribution in [3.05, 3.63) is 29.8 Å². The van der Waals surface area contributed by atoms with Crippen molar-refractivity contribution in [3.8, 4) is 0 Å². The molecule has 1 aromatic rings. The maximum atomic E-state index is 11.6. The van der Waals surface area contributed by atoms with Crippen molar-refractivity contribution in [2.45, 2.75) is 26.2 Å². The van der Waals surface area contributed by atoms with E-state index >= 15 is 0 Å². The first-order valence-electron chi connectivity index (χ1n) is 5.42. The zero-order valence-electron chi connectivity index (χ0n) is 9.24. The smallest absolute Gasteiger partial charge is 0.0346 e. The summed E-state index contributed by atoms with van der Waals surface area (Å²) in [6.45, 7) is 2.12. The van der Waals surface area contributed by atoms with E-state index in [1.165, 1.54) is 0 Å². The van der Waals surface area contributed by atoms with E-state index in [0.717, 1.165) is 42.0 Å². The average Bonchev–Trinajstić information content (AvgIpc) is 2.25. The van der Waals surface area contributed by atoms with E-state index < -0.39 is 10.8 Å². The van der Waals surface area contributed by atoms with Crippen LogP contribution in [0.4, 0.5) is 5.69 Å². The van der Waals surface area contributed by atoms with Gasteiger partial charge in [0.2, 0.25) is 0 Å². The monoisotopic (exact) mass is 225 g/mol. The molecule has 0 bridgehead atoms.